The van der Waals surface area contributed by atoms with Crippen molar-refractivity contribution < 1.29 is 22.7 Å². The van der Waals surface area contributed by atoms with Gasteiger partial charge in [-0.1, -0.05) is 0 Å². The number of halogens is 5. The van der Waals surface area contributed by atoms with Gasteiger partial charge in [0.1, 0.15) is 5.69 Å². The Balaban J connectivity index is 3.17. The molecule has 0 bridgehead atoms. The molecule has 0 radical (unpaired) electrons. The number of hydrogen-bond donors (Lipinski definition) is 0. The molecule has 1 aromatic heterocycles. The van der Waals surface area contributed by atoms with Crippen LogP contribution in [0.1, 0.15) is 16.1 Å². The first kappa shape index (κ1) is 13.5. The molecule has 0 aromatic carbocycles. The maximum atomic E-state index is 11.9. The van der Waals surface area contributed by atoms with E-state index >= 15 is 0 Å². The van der Waals surface area contributed by atoms with Crippen molar-refractivity contribution in [2.24, 2.45) is 0 Å². The largest absolute Gasteiger partial charge is 0.574 e. The molecule has 3 nitrogen and oxygen atoms in total. The summed E-state index contributed by atoms with van der Waals surface area (Å²) in [5.41, 5.74) is 0.233. The summed E-state index contributed by atoms with van der Waals surface area (Å²) >= 11 is 7.30. The van der Waals surface area contributed by atoms with Gasteiger partial charge in [0.2, 0.25) is 5.88 Å². The molecule has 1 heterocycles. The first-order valence-electron chi connectivity index (χ1n) is 3.83. The number of nitrogens with zero attached hydrogens (tertiary/aromatic N) is 1. The van der Waals surface area contributed by atoms with Crippen LogP contribution in [0.4, 0.5) is 13.2 Å². The Bertz CT molecular complexity index is 411. The third kappa shape index (κ3) is 3.48. The summed E-state index contributed by atoms with van der Waals surface area (Å²) in [6.07, 6.45) is -4.50. The van der Waals surface area contributed by atoms with Gasteiger partial charge in [-0.15, -0.1) is 24.8 Å². The van der Waals surface area contributed by atoms with E-state index in [0.29, 0.717) is 15.4 Å². The lowest BCUT2D eigenvalue weighted by Crippen LogP contribution is -2.18. The number of ether oxygens (including phenoxy) is 1. The van der Waals surface area contributed by atoms with E-state index in [1.807, 2.05) is 0 Å². The monoisotopic (exact) mass is 365 g/mol. The molecular formula is C8H4ClF3INO2. The van der Waals surface area contributed by atoms with Crippen LogP contribution in [-0.2, 0) is 5.88 Å². The van der Waals surface area contributed by atoms with Gasteiger partial charge in [-0.2, -0.15) is 0 Å². The van der Waals surface area contributed by atoms with Gasteiger partial charge in [0.05, 0.1) is 0 Å². The fraction of sp³-hybridized carbons (Fsp3) is 0.250. The third-order valence-corrected chi connectivity index (χ3v) is 3.04. The summed E-state index contributed by atoms with van der Waals surface area (Å²) in [5, 5.41) is 0. The molecular weight excluding hydrogens is 361 g/mol. The number of hydrogen-bond acceptors (Lipinski definition) is 3. The van der Waals surface area contributed by atoms with Crippen LogP contribution in [0.25, 0.3) is 0 Å². The van der Waals surface area contributed by atoms with Crippen molar-refractivity contribution >= 4 is 40.5 Å². The van der Waals surface area contributed by atoms with E-state index < -0.39 is 12.2 Å². The average molecular weight is 365 g/mol. The minimum absolute atomic E-state index is 0.0319. The van der Waals surface area contributed by atoms with Gasteiger partial charge < -0.3 is 4.74 Å². The van der Waals surface area contributed by atoms with Crippen molar-refractivity contribution in [3.8, 4) is 5.88 Å². The molecule has 1 rings (SSSR count). The Labute approximate surface area is 107 Å². The lowest BCUT2D eigenvalue weighted by atomic mass is 10.2. The summed E-state index contributed by atoms with van der Waals surface area (Å²) < 4.78 is 39.8. The molecule has 16 heavy (non-hydrogen) atoms. The van der Waals surface area contributed by atoms with Gasteiger partial charge >= 0.3 is 6.36 Å². The third-order valence-electron chi connectivity index (χ3n) is 1.51. The average Bonchev–Trinajstić information content (AvgIpc) is 2.18. The van der Waals surface area contributed by atoms with Crippen molar-refractivity contribution in [1.29, 1.82) is 0 Å². The molecule has 0 atom stereocenters. The van der Waals surface area contributed by atoms with E-state index in [0.717, 1.165) is 6.07 Å². The second-order valence-corrected chi connectivity index (χ2v) is 3.96. The van der Waals surface area contributed by atoms with Crippen molar-refractivity contribution in [2.75, 3.05) is 0 Å². The molecule has 0 fully saturated rings. The first-order valence-corrected chi connectivity index (χ1v) is 5.45. The standard InChI is InChI=1S/C8H4ClF3INO2/c9-2-4-1-6(16-8(10,11)12)14-5(3-15)7(4)13/h1,3H,2H2. The van der Waals surface area contributed by atoms with E-state index in [-0.39, 0.29) is 11.6 Å². The number of pyridine rings is 1. The van der Waals surface area contributed by atoms with E-state index in [1.165, 1.54) is 0 Å². The van der Waals surface area contributed by atoms with Gasteiger partial charge in [0.15, 0.2) is 6.29 Å². The number of carbonyl (C=O) groups is 1. The molecule has 1 aromatic rings. The van der Waals surface area contributed by atoms with Crippen LogP contribution in [0.5, 0.6) is 5.88 Å². The van der Waals surface area contributed by atoms with Crippen LogP contribution in [-0.4, -0.2) is 17.6 Å². The lowest BCUT2D eigenvalue weighted by molar-refractivity contribution is -0.276. The van der Waals surface area contributed by atoms with Crippen LogP contribution in [0.3, 0.4) is 0 Å². The Morgan fingerprint density at radius 1 is 1.56 bits per heavy atom. The fourth-order valence-electron chi connectivity index (χ4n) is 0.923. The Hall–Kier alpha value is -0.570. The van der Waals surface area contributed by atoms with Gasteiger partial charge in [0, 0.05) is 15.5 Å². The summed E-state index contributed by atoms with van der Waals surface area (Å²) in [7, 11) is 0. The summed E-state index contributed by atoms with van der Waals surface area (Å²) in [6, 6.07) is 1.05. The van der Waals surface area contributed by atoms with Gasteiger partial charge in [-0.3, -0.25) is 4.79 Å². The summed E-state index contributed by atoms with van der Waals surface area (Å²) in [4.78, 5) is 14.0. The van der Waals surface area contributed by atoms with Gasteiger partial charge in [-0.05, 0) is 28.2 Å². The quantitative estimate of drug-likeness (QED) is 0.469. The van der Waals surface area contributed by atoms with E-state index in [2.05, 4.69) is 9.72 Å². The highest BCUT2D eigenvalue weighted by Crippen LogP contribution is 2.26. The SMILES string of the molecule is O=Cc1nc(OC(F)(F)F)cc(CCl)c1I. The molecule has 0 aliphatic heterocycles. The van der Waals surface area contributed by atoms with Crippen LogP contribution in [0.2, 0.25) is 0 Å². The number of rotatable bonds is 3. The van der Waals surface area contributed by atoms with Gasteiger partial charge in [0.25, 0.3) is 0 Å². The van der Waals surface area contributed by atoms with Crippen LogP contribution < -0.4 is 4.74 Å². The van der Waals surface area contributed by atoms with Crippen molar-refractivity contribution in [2.45, 2.75) is 12.2 Å². The van der Waals surface area contributed by atoms with Crippen molar-refractivity contribution in [3.05, 3.63) is 20.9 Å². The summed E-state index contributed by atoms with van der Waals surface area (Å²) in [6.45, 7) is 0. The molecule has 0 unspecified atom stereocenters. The van der Waals surface area contributed by atoms with Crippen LogP contribution in [0.15, 0.2) is 6.07 Å². The number of carbonyl (C=O) groups excluding carboxylic acids is 1. The minimum atomic E-state index is -4.84. The van der Waals surface area contributed by atoms with Crippen molar-refractivity contribution in [3.63, 3.8) is 0 Å². The fourth-order valence-corrected chi connectivity index (χ4v) is 1.95. The second kappa shape index (κ2) is 5.17. The number of alkyl halides is 4. The zero-order valence-corrected chi connectivity index (χ0v) is 10.4. The molecule has 88 valence electrons. The Morgan fingerprint density at radius 3 is 2.62 bits per heavy atom. The van der Waals surface area contributed by atoms with Crippen LogP contribution >= 0.6 is 34.2 Å². The predicted molar refractivity (Wildman–Crippen MR) is 58.6 cm³/mol. The highest BCUT2D eigenvalue weighted by atomic mass is 127. The maximum absolute atomic E-state index is 11.9. The van der Waals surface area contributed by atoms with E-state index in [4.69, 9.17) is 11.6 Å². The zero-order valence-electron chi connectivity index (χ0n) is 7.52. The van der Waals surface area contributed by atoms with Crippen LogP contribution in [0, 0.1) is 3.57 Å². The minimum Gasteiger partial charge on any atom is -0.388 e. The number of aldehydes is 1. The molecule has 0 saturated carbocycles. The molecule has 0 saturated heterocycles. The molecule has 0 amide bonds. The zero-order chi connectivity index (χ0) is 12.3. The molecule has 0 aliphatic rings. The lowest BCUT2D eigenvalue weighted by Gasteiger charge is -2.10. The molecule has 0 spiro atoms. The first-order chi connectivity index (χ1) is 7.37. The Kier molecular flexibility index (Phi) is 4.36. The highest BCUT2D eigenvalue weighted by molar-refractivity contribution is 14.1. The topological polar surface area (TPSA) is 39.2 Å². The number of aromatic nitrogens is 1. The Morgan fingerprint density at radius 2 is 2.19 bits per heavy atom. The maximum Gasteiger partial charge on any atom is 0.574 e. The molecule has 0 N–H and O–H groups in total. The predicted octanol–water partition coefficient (Wildman–Crippen LogP) is 3.14. The highest BCUT2D eigenvalue weighted by Gasteiger charge is 2.32. The van der Waals surface area contributed by atoms with Crippen molar-refractivity contribution in [1.82, 2.24) is 4.98 Å². The second-order valence-electron chi connectivity index (χ2n) is 2.62. The van der Waals surface area contributed by atoms with E-state index in [1.54, 1.807) is 22.6 Å². The molecule has 0 aliphatic carbocycles. The normalized spacial score (nSPS) is 11.3. The van der Waals surface area contributed by atoms with E-state index in [9.17, 15) is 18.0 Å². The van der Waals surface area contributed by atoms with Gasteiger partial charge in [-0.25, -0.2) is 4.98 Å². The molecule has 8 heteroatoms. The smallest absolute Gasteiger partial charge is 0.388 e. The summed E-state index contributed by atoms with van der Waals surface area (Å²) in [5.74, 6) is -0.721.